The number of thiazole rings is 2. The van der Waals surface area contributed by atoms with Gasteiger partial charge in [-0.25, -0.2) is 26.8 Å². The van der Waals surface area contributed by atoms with Gasteiger partial charge in [-0.1, -0.05) is 59.6 Å². The number of aryl methyl sites for hydroxylation is 1. The van der Waals surface area contributed by atoms with Crippen molar-refractivity contribution in [2.24, 2.45) is 0 Å². The first-order valence-electron chi connectivity index (χ1n) is 18.1. The van der Waals surface area contributed by atoms with Gasteiger partial charge in [-0.05, 0) is 73.2 Å². The fraction of sp³-hybridized carbons (Fsp3) is 0.250. The summed E-state index contributed by atoms with van der Waals surface area (Å²) >= 11 is 14.9. The summed E-state index contributed by atoms with van der Waals surface area (Å²) in [5.41, 5.74) is 5.10. The van der Waals surface area contributed by atoms with Crippen molar-refractivity contribution in [1.82, 2.24) is 18.6 Å². The second-order valence-corrected chi connectivity index (χ2v) is 19.7. The second-order valence-electron chi connectivity index (χ2n) is 13.2. The van der Waals surface area contributed by atoms with Gasteiger partial charge < -0.3 is 14.5 Å². The van der Waals surface area contributed by atoms with E-state index in [9.17, 15) is 16.8 Å². The molecule has 17 heteroatoms. The molecule has 2 aliphatic heterocycles. The molecule has 0 aliphatic carbocycles. The van der Waals surface area contributed by atoms with E-state index in [1.165, 1.54) is 14.2 Å². The third kappa shape index (κ3) is 9.31. The van der Waals surface area contributed by atoms with Crippen LogP contribution in [0.15, 0.2) is 118 Å². The predicted molar refractivity (Wildman–Crippen MR) is 231 cm³/mol. The molecule has 0 spiro atoms. The van der Waals surface area contributed by atoms with Crippen LogP contribution in [0.5, 0.6) is 5.75 Å². The molecule has 0 saturated carbocycles. The van der Waals surface area contributed by atoms with Crippen LogP contribution < -0.4 is 14.5 Å². The molecule has 0 atom stereocenters. The van der Waals surface area contributed by atoms with Gasteiger partial charge in [-0.2, -0.15) is 8.61 Å². The van der Waals surface area contributed by atoms with Gasteiger partial charge >= 0.3 is 0 Å². The molecule has 2 saturated heterocycles. The van der Waals surface area contributed by atoms with Crippen LogP contribution in [-0.4, -0.2) is 94.9 Å². The zero-order chi connectivity index (χ0) is 40.2. The van der Waals surface area contributed by atoms with Crippen molar-refractivity contribution in [3.8, 4) is 28.3 Å². The van der Waals surface area contributed by atoms with Crippen LogP contribution in [0.25, 0.3) is 22.5 Å². The fourth-order valence-corrected chi connectivity index (χ4v) is 11.4. The highest BCUT2D eigenvalue weighted by atomic mass is 35.5. The monoisotopic (exact) mass is 882 g/mol. The lowest BCUT2D eigenvalue weighted by atomic mass is 10.1. The molecule has 2 aromatic heterocycles. The van der Waals surface area contributed by atoms with Gasteiger partial charge in [-0.15, -0.1) is 22.7 Å². The molecular formula is C40H40Cl2N6O5S4. The van der Waals surface area contributed by atoms with Crippen LogP contribution in [0.1, 0.15) is 5.56 Å². The number of rotatable bonds is 9. The van der Waals surface area contributed by atoms with E-state index in [1.807, 2.05) is 41.8 Å². The zero-order valence-electron chi connectivity index (χ0n) is 31.2. The quantitative estimate of drug-likeness (QED) is 0.142. The average molecular weight is 884 g/mol. The molecule has 8 rings (SSSR count). The van der Waals surface area contributed by atoms with Crippen LogP contribution in [-0.2, 0) is 20.0 Å². The number of para-hydroxylation sites is 1. The molecule has 0 bridgehead atoms. The lowest BCUT2D eigenvalue weighted by Crippen LogP contribution is -2.48. The first-order chi connectivity index (χ1) is 27.4. The van der Waals surface area contributed by atoms with Crippen molar-refractivity contribution in [3.63, 3.8) is 0 Å². The number of halogens is 2. The van der Waals surface area contributed by atoms with Crippen LogP contribution in [0.4, 0.5) is 10.3 Å². The van der Waals surface area contributed by atoms with Crippen LogP contribution in [0, 0.1) is 6.92 Å². The summed E-state index contributed by atoms with van der Waals surface area (Å²) < 4.78 is 59.8. The molecule has 0 radical (unpaired) electrons. The number of piperazine rings is 2. The van der Waals surface area contributed by atoms with Crippen molar-refractivity contribution in [3.05, 3.63) is 123 Å². The van der Waals surface area contributed by atoms with Gasteiger partial charge in [0.1, 0.15) is 5.75 Å². The minimum absolute atomic E-state index is 0.267. The van der Waals surface area contributed by atoms with Gasteiger partial charge in [0.2, 0.25) is 20.0 Å². The molecule has 2 aliphatic rings. The third-order valence-corrected chi connectivity index (χ3v) is 15.8. The summed E-state index contributed by atoms with van der Waals surface area (Å²) in [6, 6.07) is 28.6. The molecule has 6 aromatic rings. The number of methoxy groups -OCH3 is 1. The Bertz CT molecular complexity index is 2520. The maximum absolute atomic E-state index is 12.8. The van der Waals surface area contributed by atoms with Gasteiger partial charge in [0.15, 0.2) is 10.3 Å². The first kappa shape index (κ1) is 41.1. The highest BCUT2D eigenvalue weighted by Crippen LogP contribution is 2.34. The number of sulfonamides is 2. The van der Waals surface area contributed by atoms with E-state index in [0.717, 1.165) is 38.5 Å². The molecule has 2 fully saturated rings. The Kier molecular flexibility index (Phi) is 12.9. The minimum atomic E-state index is -3.52. The lowest BCUT2D eigenvalue weighted by molar-refractivity contribution is 0.384. The van der Waals surface area contributed by atoms with E-state index in [4.69, 9.17) is 37.9 Å². The molecular weight excluding hydrogens is 844 g/mol. The number of hydrogen-bond donors (Lipinski definition) is 0. The largest absolute Gasteiger partial charge is 0.496 e. The molecule has 57 heavy (non-hydrogen) atoms. The van der Waals surface area contributed by atoms with E-state index in [2.05, 4.69) is 34.2 Å². The first-order valence-corrected chi connectivity index (χ1v) is 23.5. The standard InChI is InChI=1S/C20H20ClN3O3S2.C20H20ClN3O2S2/c1-27-19-5-3-2-4-17(19)18-14-28-20(22-18)23-10-12-24(13-11-23)29(25,26)16-8-6-15(21)7-9-16;1-15-4-2-3-5-18(15)19-14-27-20(22-19)23-10-12-24(13-11-23)28(25,26)17-8-6-16(21)7-9-17/h2-9,14H,10-13H2,1H3;2-9,14H,10-13H2,1H3. The highest BCUT2D eigenvalue weighted by Gasteiger charge is 2.31. The Morgan fingerprint density at radius 1 is 0.561 bits per heavy atom. The maximum atomic E-state index is 12.8. The van der Waals surface area contributed by atoms with Gasteiger partial charge in [0, 0.05) is 84.3 Å². The molecule has 298 valence electrons. The number of anilines is 2. The van der Waals surface area contributed by atoms with Gasteiger partial charge in [0.05, 0.1) is 28.3 Å². The van der Waals surface area contributed by atoms with Crippen molar-refractivity contribution in [2.45, 2.75) is 16.7 Å². The van der Waals surface area contributed by atoms with Crippen LogP contribution in [0.2, 0.25) is 10.0 Å². The highest BCUT2D eigenvalue weighted by molar-refractivity contribution is 7.89. The van der Waals surface area contributed by atoms with Crippen molar-refractivity contribution >= 4 is 76.2 Å². The van der Waals surface area contributed by atoms with E-state index in [1.54, 1.807) is 78.3 Å². The number of ether oxygens (including phenoxy) is 1. The summed E-state index contributed by atoms with van der Waals surface area (Å²) in [6.07, 6.45) is 0. The lowest BCUT2D eigenvalue weighted by Gasteiger charge is -2.33. The molecule has 11 nitrogen and oxygen atoms in total. The third-order valence-electron chi connectivity index (χ3n) is 9.71. The van der Waals surface area contributed by atoms with Crippen LogP contribution >= 0.6 is 45.9 Å². The van der Waals surface area contributed by atoms with Crippen LogP contribution in [0.3, 0.4) is 0 Å². The summed E-state index contributed by atoms with van der Waals surface area (Å²) in [7, 11) is -5.37. The van der Waals surface area contributed by atoms with E-state index >= 15 is 0 Å². The molecule has 0 unspecified atom stereocenters. The fourth-order valence-electron chi connectivity index (χ4n) is 6.53. The van der Waals surface area contributed by atoms with Gasteiger partial charge in [-0.3, -0.25) is 0 Å². The Morgan fingerprint density at radius 2 is 0.965 bits per heavy atom. The Labute approximate surface area is 351 Å². The number of hydrogen-bond acceptors (Lipinski definition) is 11. The minimum Gasteiger partial charge on any atom is -0.496 e. The topological polar surface area (TPSA) is 116 Å². The number of nitrogens with zero attached hydrogens (tertiary/aromatic N) is 6. The Hall–Kier alpha value is -4.06. The molecule has 0 N–H and O–H groups in total. The normalized spacial score (nSPS) is 15.6. The molecule has 4 aromatic carbocycles. The summed E-state index contributed by atoms with van der Waals surface area (Å²) in [5.74, 6) is 0.781. The van der Waals surface area contributed by atoms with Crippen molar-refractivity contribution in [2.75, 3.05) is 69.3 Å². The van der Waals surface area contributed by atoms with E-state index in [-0.39, 0.29) is 9.79 Å². The number of benzene rings is 4. The number of aromatic nitrogens is 2. The molecule has 0 amide bonds. The Morgan fingerprint density at radius 3 is 1.40 bits per heavy atom. The maximum Gasteiger partial charge on any atom is 0.243 e. The van der Waals surface area contributed by atoms with E-state index in [0.29, 0.717) is 62.4 Å². The average Bonchev–Trinajstić information content (AvgIpc) is 3.93. The van der Waals surface area contributed by atoms with Crippen molar-refractivity contribution < 1.29 is 21.6 Å². The zero-order valence-corrected chi connectivity index (χ0v) is 35.9. The van der Waals surface area contributed by atoms with E-state index < -0.39 is 20.0 Å². The van der Waals surface area contributed by atoms with Crippen molar-refractivity contribution in [1.29, 1.82) is 0 Å². The summed E-state index contributed by atoms with van der Waals surface area (Å²) in [6.45, 7) is 6.19. The SMILES string of the molecule is COc1ccccc1-c1csc(N2CCN(S(=O)(=O)c3ccc(Cl)cc3)CC2)n1.Cc1ccccc1-c1csc(N2CCN(S(=O)(=O)c3ccc(Cl)cc3)CC2)n1. The second kappa shape index (κ2) is 17.8. The van der Waals surface area contributed by atoms with Gasteiger partial charge in [0.25, 0.3) is 0 Å². The summed E-state index contributed by atoms with van der Waals surface area (Å²) in [5, 5.41) is 6.93. The Balaban J connectivity index is 0.000000174. The summed E-state index contributed by atoms with van der Waals surface area (Å²) in [4.78, 5) is 14.4. The predicted octanol–water partition coefficient (Wildman–Crippen LogP) is 8.27. The smallest absolute Gasteiger partial charge is 0.243 e. The molecule has 4 heterocycles.